The van der Waals surface area contributed by atoms with Gasteiger partial charge < -0.3 is 10.4 Å². The van der Waals surface area contributed by atoms with Gasteiger partial charge in [-0.05, 0) is 31.0 Å². The van der Waals surface area contributed by atoms with Gasteiger partial charge in [0, 0.05) is 6.54 Å². The Morgan fingerprint density at radius 2 is 2.33 bits per heavy atom. The van der Waals surface area contributed by atoms with Crippen molar-refractivity contribution in [1.29, 1.82) is 0 Å². The van der Waals surface area contributed by atoms with Crippen LogP contribution < -0.4 is 5.32 Å². The maximum absolute atomic E-state index is 11.5. The van der Waals surface area contributed by atoms with E-state index >= 15 is 0 Å². The topological polar surface area (TPSA) is 49.3 Å². The van der Waals surface area contributed by atoms with Gasteiger partial charge in [0.25, 0.3) is 5.91 Å². The van der Waals surface area contributed by atoms with E-state index in [9.17, 15) is 9.90 Å². The van der Waals surface area contributed by atoms with Crippen LogP contribution in [0.15, 0.2) is 30.9 Å². The molecule has 1 rings (SSSR count). The van der Waals surface area contributed by atoms with Gasteiger partial charge in [0.15, 0.2) is 0 Å². The van der Waals surface area contributed by atoms with E-state index in [1.807, 2.05) is 6.92 Å². The molecule has 0 aliphatic rings. The minimum absolute atomic E-state index is 0.0195. The predicted molar refractivity (Wildman–Crippen MR) is 60.0 cm³/mol. The Bertz CT molecular complexity index is 372. The maximum atomic E-state index is 11.5. The van der Waals surface area contributed by atoms with Crippen molar-refractivity contribution in [2.24, 2.45) is 0 Å². The van der Waals surface area contributed by atoms with E-state index in [1.165, 1.54) is 0 Å². The number of phenolic OH excluding ortho intramolecular Hbond substituents is 1. The molecule has 0 aromatic heterocycles. The number of benzene rings is 1. The quantitative estimate of drug-likeness (QED) is 0.583. The highest BCUT2D eigenvalue weighted by Crippen LogP contribution is 2.17. The number of nitrogens with one attached hydrogen (secondary N) is 1. The van der Waals surface area contributed by atoms with Crippen LogP contribution in [0.25, 0.3) is 0 Å². The van der Waals surface area contributed by atoms with Crippen LogP contribution in [0.2, 0.25) is 0 Å². The van der Waals surface area contributed by atoms with E-state index in [0.717, 1.165) is 12.0 Å². The second-order valence-corrected chi connectivity index (χ2v) is 3.35. The number of rotatable bonds is 4. The van der Waals surface area contributed by atoms with E-state index in [0.29, 0.717) is 12.1 Å². The predicted octanol–water partition coefficient (Wildman–Crippen LogP) is 2.01. The first-order chi connectivity index (χ1) is 7.15. The summed E-state index contributed by atoms with van der Waals surface area (Å²) in [6.07, 6.45) is 2.45. The van der Waals surface area contributed by atoms with E-state index in [4.69, 9.17) is 0 Å². The molecule has 0 radical (unpaired) electrons. The zero-order chi connectivity index (χ0) is 11.3. The number of hydrogen-bond donors (Lipinski definition) is 2. The summed E-state index contributed by atoms with van der Waals surface area (Å²) in [5, 5.41) is 12.2. The van der Waals surface area contributed by atoms with Gasteiger partial charge in [-0.15, -0.1) is 6.58 Å². The summed E-state index contributed by atoms with van der Waals surface area (Å²) in [4.78, 5) is 11.5. The van der Waals surface area contributed by atoms with E-state index in [-0.39, 0.29) is 11.7 Å². The zero-order valence-corrected chi connectivity index (χ0v) is 8.79. The second-order valence-electron chi connectivity index (χ2n) is 3.35. The SMILES string of the molecule is C=CCCNC(=O)c1ccc(C)cc1O. The van der Waals surface area contributed by atoms with Crippen molar-refractivity contribution in [2.75, 3.05) is 6.54 Å². The molecule has 3 nitrogen and oxygen atoms in total. The van der Waals surface area contributed by atoms with Gasteiger partial charge in [-0.1, -0.05) is 12.1 Å². The molecule has 0 spiro atoms. The molecule has 0 heterocycles. The van der Waals surface area contributed by atoms with Crippen LogP contribution in [0.1, 0.15) is 22.3 Å². The number of carbonyl (C=O) groups excluding carboxylic acids is 1. The molecule has 80 valence electrons. The van der Waals surface area contributed by atoms with Crippen LogP contribution in [-0.4, -0.2) is 17.6 Å². The molecule has 0 fully saturated rings. The highest BCUT2D eigenvalue weighted by Gasteiger charge is 2.09. The van der Waals surface area contributed by atoms with Crippen LogP contribution in [0.3, 0.4) is 0 Å². The molecular formula is C12H15NO2. The summed E-state index contributed by atoms with van der Waals surface area (Å²) < 4.78 is 0. The first kappa shape index (κ1) is 11.3. The Kier molecular flexibility index (Phi) is 3.92. The van der Waals surface area contributed by atoms with Crippen molar-refractivity contribution in [3.63, 3.8) is 0 Å². The number of carbonyl (C=O) groups is 1. The van der Waals surface area contributed by atoms with Gasteiger partial charge in [0.2, 0.25) is 0 Å². The lowest BCUT2D eigenvalue weighted by molar-refractivity contribution is 0.0951. The van der Waals surface area contributed by atoms with Crippen LogP contribution in [0.5, 0.6) is 5.75 Å². The molecule has 1 aromatic rings. The zero-order valence-electron chi connectivity index (χ0n) is 8.79. The summed E-state index contributed by atoms with van der Waals surface area (Å²) in [7, 11) is 0. The molecule has 0 saturated carbocycles. The number of aromatic hydroxyl groups is 1. The van der Waals surface area contributed by atoms with Gasteiger partial charge in [-0.25, -0.2) is 0 Å². The number of phenols is 1. The van der Waals surface area contributed by atoms with Crippen molar-refractivity contribution in [2.45, 2.75) is 13.3 Å². The highest BCUT2D eigenvalue weighted by atomic mass is 16.3. The monoisotopic (exact) mass is 205 g/mol. The van der Waals surface area contributed by atoms with E-state index in [2.05, 4.69) is 11.9 Å². The van der Waals surface area contributed by atoms with E-state index in [1.54, 1.807) is 24.3 Å². The third kappa shape index (κ3) is 3.13. The Morgan fingerprint density at radius 3 is 2.93 bits per heavy atom. The normalized spacial score (nSPS) is 9.67. The molecule has 0 bridgehead atoms. The molecule has 15 heavy (non-hydrogen) atoms. The van der Waals surface area contributed by atoms with Crippen molar-refractivity contribution >= 4 is 5.91 Å². The Balaban J connectivity index is 2.69. The number of hydrogen-bond acceptors (Lipinski definition) is 2. The fourth-order valence-corrected chi connectivity index (χ4v) is 1.22. The van der Waals surface area contributed by atoms with Crippen LogP contribution in [0.4, 0.5) is 0 Å². The lowest BCUT2D eigenvalue weighted by Gasteiger charge is -2.06. The summed E-state index contributed by atoms with van der Waals surface area (Å²) in [5.74, 6) is -0.236. The van der Waals surface area contributed by atoms with Crippen molar-refractivity contribution in [3.05, 3.63) is 42.0 Å². The average Bonchev–Trinajstić information content (AvgIpc) is 2.17. The first-order valence-electron chi connectivity index (χ1n) is 4.84. The van der Waals surface area contributed by atoms with Gasteiger partial charge >= 0.3 is 0 Å². The van der Waals surface area contributed by atoms with Crippen molar-refractivity contribution in [1.82, 2.24) is 5.32 Å². The molecule has 0 saturated heterocycles. The number of amides is 1. The van der Waals surface area contributed by atoms with Crippen molar-refractivity contribution < 1.29 is 9.90 Å². The fraction of sp³-hybridized carbons (Fsp3) is 0.250. The summed E-state index contributed by atoms with van der Waals surface area (Å²) >= 11 is 0. The van der Waals surface area contributed by atoms with Crippen LogP contribution in [0, 0.1) is 6.92 Å². The maximum Gasteiger partial charge on any atom is 0.255 e. The fourth-order valence-electron chi connectivity index (χ4n) is 1.22. The molecule has 0 unspecified atom stereocenters. The van der Waals surface area contributed by atoms with Crippen molar-refractivity contribution in [3.8, 4) is 5.75 Å². The molecule has 0 aliphatic carbocycles. The summed E-state index contributed by atoms with van der Waals surface area (Å²) in [6.45, 7) is 5.96. The molecule has 2 N–H and O–H groups in total. The minimum Gasteiger partial charge on any atom is -0.507 e. The lowest BCUT2D eigenvalue weighted by Crippen LogP contribution is -2.24. The first-order valence-corrected chi connectivity index (χ1v) is 4.84. The average molecular weight is 205 g/mol. The molecular weight excluding hydrogens is 190 g/mol. The smallest absolute Gasteiger partial charge is 0.255 e. The second kappa shape index (κ2) is 5.20. The number of aryl methyl sites for hydroxylation is 1. The van der Waals surface area contributed by atoms with Crippen LogP contribution >= 0.6 is 0 Å². The summed E-state index contributed by atoms with van der Waals surface area (Å²) in [6, 6.07) is 4.98. The van der Waals surface area contributed by atoms with Gasteiger partial charge in [-0.2, -0.15) is 0 Å². The third-order valence-electron chi connectivity index (χ3n) is 2.03. The van der Waals surface area contributed by atoms with Gasteiger partial charge in [0.1, 0.15) is 5.75 Å². The summed E-state index contributed by atoms with van der Waals surface area (Å²) in [5.41, 5.74) is 1.24. The molecule has 0 atom stereocenters. The lowest BCUT2D eigenvalue weighted by atomic mass is 10.1. The van der Waals surface area contributed by atoms with E-state index < -0.39 is 0 Å². The largest absolute Gasteiger partial charge is 0.507 e. The molecule has 3 heteroatoms. The molecule has 0 aliphatic heterocycles. The Hall–Kier alpha value is -1.77. The third-order valence-corrected chi connectivity index (χ3v) is 2.03. The Morgan fingerprint density at radius 1 is 1.60 bits per heavy atom. The molecule has 1 aromatic carbocycles. The Labute approximate surface area is 89.4 Å². The van der Waals surface area contributed by atoms with Gasteiger partial charge in [-0.3, -0.25) is 4.79 Å². The molecule has 1 amide bonds. The minimum atomic E-state index is -0.255. The highest BCUT2D eigenvalue weighted by molar-refractivity contribution is 5.96. The van der Waals surface area contributed by atoms with Gasteiger partial charge in [0.05, 0.1) is 5.56 Å². The standard InChI is InChI=1S/C12H15NO2/c1-3-4-7-13-12(15)10-6-5-9(2)8-11(10)14/h3,5-6,8,14H,1,4,7H2,2H3,(H,13,15). The van der Waals surface area contributed by atoms with Crippen LogP contribution in [-0.2, 0) is 0 Å².